The zero-order valence-corrected chi connectivity index (χ0v) is 8.55. The summed E-state index contributed by atoms with van der Waals surface area (Å²) in [6, 6.07) is 2.71. The molecule has 0 aliphatic heterocycles. The summed E-state index contributed by atoms with van der Waals surface area (Å²) in [4.78, 5) is 2.17. The molecule has 2 nitrogen and oxygen atoms in total. The van der Waals surface area contributed by atoms with Gasteiger partial charge in [0.25, 0.3) is 0 Å². The monoisotopic (exact) mass is 156 g/mol. The molecule has 0 heterocycles. The third kappa shape index (κ3) is 17.7. The Morgan fingerprint density at radius 2 is 1.27 bits per heavy atom. The lowest BCUT2D eigenvalue weighted by Crippen LogP contribution is -2.20. The van der Waals surface area contributed by atoms with Crippen molar-refractivity contribution in [1.82, 2.24) is 4.90 Å². The molecule has 0 amide bonds. The van der Waals surface area contributed by atoms with Crippen LogP contribution in [0.1, 0.15) is 27.7 Å². The van der Waals surface area contributed by atoms with E-state index < -0.39 is 0 Å². The topological polar surface area (TPSA) is 27.0 Å². The molecule has 0 N–H and O–H groups in total. The highest BCUT2D eigenvalue weighted by atomic mass is 15.1. The zero-order valence-electron chi connectivity index (χ0n) is 8.55. The van der Waals surface area contributed by atoms with Crippen molar-refractivity contribution >= 4 is 0 Å². The van der Waals surface area contributed by atoms with Crippen LogP contribution in [-0.4, -0.2) is 25.0 Å². The lowest BCUT2D eigenvalue weighted by atomic mass is 10.3. The summed E-state index contributed by atoms with van der Waals surface area (Å²) in [5.41, 5.74) is 0. The van der Waals surface area contributed by atoms with Crippen LogP contribution in [0.25, 0.3) is 0 Å². The average molecular weight is 156 g/mol. The van der Waals surface area contributed by atoms with E-state index in [1.807, 2.05) is 19.9 Å². The van der Waals surface area contributed by atoms with Gasteiger partial charge in [-0.2, -0.15) is 5.26 Å². The van der Waals surface area contributed by atoms with Crippen molar-refractivity contribution in [3.8, 4) is 6.07 Å². The van der Waals surface area contributed by atoms with Crippen LogP contribution in [0.3, 0.4) is 0 Å². The molecule has 0 aromatic heterocycles. The van der Waals surface area contributed by atoms with E-state index in [0.29, 0.717) is 6.04 Å². The van der Waals surface area contributed by atoms with Gasteiger partial charge in [0.15, 0.2) is 0 Å². The second kappa shape index (κ2) is 7.56. The van der Waals surface area contributed by atoms with Gasteiger partial charge in [-0.3, -0.25) is 0 Å². The standard InChI is InChI=1S/C5H13N.C4H7N/c1-5(2)6(3)4;1-4(2)3-5/h5H,1-4H3;4H,1-2H3. The van der Waals surface area contributed by atoms with E-state index in [1.165, 1.54) is 0 Å². The largest absolute Gasteiger partial charge is 0.307 e. The van der Waals surface area contributed by atoms with Gasteiger partial charge in [0.2, 0.25) is 0 Å². The molecule has 11 heavy (non-hydrogen) atoms. The van der Waals surface area contributed by atoms with Gasteiger partial charge in [-0.05, 0) is 41.8 Å². The first kappa shape index (κ1) is 13.1. The molecular formula is C9H20N2. The van der Waals surface area contributed by atoms with Crippen molar-refractivity contribution in [2.24, 2.45) is 5.92 Å². The summed E-state index contributed by atoms with van der Waals surface area (Å²) >= 11 is 0. The van der Waals surface area contributed by atoms with Gasteiger partial charge >= 0.3 is 0 Å². The minimum Gasteiger partial charge on any atom is -0.307 e. The van der Waals surface area contributed by atoms with Crippen LogP contribution in [0.2, 0.25) is 0 Å². The summed E-state index contributed by atoms with van der Waals surface area (Å²) in [6.07, 6.45) is 0. The third-order valence-corrected chi connectivity index (χ3v) is 1.29. The number of nitriles is 1. The molecule has 0 aromatic carbocycles. The number of rotatable bonds is 1. The minimum atomic E-state index is 0.190. The van der Waals surface area contributed by atoms with Gasteiger partial charge in [0, 0.05) is 12.0 Å². The van der Waals surface area contributed by atoms with Gasteiger partial charge in [-0.15, -0.1) is 0 Å². The number of hydrogen-bond donors (Lipinski definition) is 0. The lowest BCUT2D eigenvalue weighted by molar-refractivity contribution is 0.335. The molecular weight excluding hydrogens is 136 g/mol. The fourth-order valence-electron chi connectivity index (χ4n) is 0. The van der Waals surface area contributed by atoms with E-state index >= 15 is 0 Å². The molecule has 0 aliphatic rings. The van der Waals surface area contributed by atoms with E-state index in [4.69, 9.17) is 5.26 Å². The van der Waals surface area contributed by atoms with Crippen LogP contribution < -0.4 is 0 Å². The Morgan fingerprint density at radius 3 is 1.27 bits per heavy atom. The number of hydrogen-bond acceptors (Lipinski definition) is 2. The minimum absolute atomic E-state index is 0.190. The van der Waals surface area contributed by atoms with Crippen LogP contribution in [0, 0.1) is 17.2 Å². The molecule has 0 aromatic rings. The molecule has 0 unspecified atom stereocenters. The van der Waals surface area contributed by atoms with Crippen molar-refractivity contribution in [1.29, 1.82) is 5.26 Å². The van der Waals surface area contributed by atoms with Crippen LogP contribution in [0.15, 0.2) is 0 Å². The summed E-state index contributed by atoms with van der Waals surface area (Å²) in [6.45, 7) is 8.06. The van der Waals surface area contributed by atoms with E-state index in [2.05, 4.69) is 32.8 Å². The fraction of sp³-hybridized carbons (Fsp3) is 0.889. The van der Waals surface area contributed by atoms with E-state index in [-0.39, 0.29) is 5.92 Å². The molecule has 0 radical (unpaired) electrons. The highest BCUT2D eigenvalue weighted by molar-refractivity contribution is 4.72. The van der Waals surface area contributed by atoms with Gasteiger partial charge in [0.1, 0.15) is 0 Å². The van der Waals surface area contributed by atoms with Gasteiger partial charge in [-0.1, -0.05) is 0 Å². The predicted octanol–water partition coefficient (Wildman–Crippen LogP) is 2.12. The number of nitrogens with zero attached hydrogens (tertiary/aromatic N) is 2. The Morgan fingerprint density at radius 1 is 1.09 bits per heavy atom. The highest BCUT2D eigenvalue weighted by Crippen LogP contribution is 1.84. The smallest absolute Gasteiger partial charge is 0.0649 e. The second-order valence-corrected chi connectivity index (χ2v) is 3.34. The van der Waals surface area contributed by atoms with Crippen molar-refractivity contribution in [2.45, 2.75) is 33.7 Å². The maximum Gasteiger partial charge on any atom is 0.0649 e. The summed E-state index contributed by atoms with van der Waals surface area (Å²) in [5, 5.41) is 7.89. The van der Waals surface area contributed by atoms with E-state index in [1.54, 1.807) is 0 Å². The third-order valence-electron chi connectivity index (χ3n) is 1.29. The van der Waals surface area contributed by atoms with Crippen molar-refractivity contribution < 1.29 is 0 Å². The zero-order chi connectivity index (χ0) is 9.44. The lowest BCUT2D eigenvalue weighted by Gasteiger charge is -2.12. The second-order valence-electron chi connectivity index (χ2n) is 3.34. The van der Waals surface area contributed by atoms with Crippen LogP contribution in [0.5, 0.6) is 0 Å². The first-order valence-corrected chi connectivity index (χ1v) is 3.97. The Kier molecular flexibility index (Phi) is 8.98. The molecule has 0 saturated carbocycles. The SMILES string of the molecule is CC(C)C#N.CC(C)N(C)C. The van der Waals surface area contributed by atoms with Crippen molar-refractivity contribution in [3.05, 3.63) is 0 Å². The molecule has 66 valence electrons. The predicted molar refractivity (Wildman–Crippen MR) is 49.3 cm³/mol. The van der Waals surface area contributed by atoms with Gasteiger partial charge in [0.05, 0.1) is 6.07 Å². The molecule has 0 atom stereocenters. The summed E-state index contributed by atoms with van der Waals surface area (Å²) < 4.78 is 0. The maximum absolute atomic E-state index is 7.89. The fourth-order valence-corrected chi connectivity index (χ4v) is 0. The van der Waals surface area contributed by atoms with Crippen molar-refractivity contribution in [3.63, 3.8) is 0 Å². The van der Waals surface area contributed by atoms with Crippen molar-refractivity contribution in [2.75, 3.05) is 14.1 Å². The Balaban J connectivity index is 0. The van der Waals surface area contributed by atoms with Gasteiger partial charge < -0.3 is 4.90 Å². The van der Waals surface area contributed by atoms with Crippen LogP contribution >= 0.6 is 0 Å². The Hall–Kier alpha value is -0.550. The molecule has 2 heteroatoms. The first-order chi connectivity index (χ1) is 4.91. The normalized spacial score (nSPS) is 9.45. The Labute approximate surface area is 70.8 Å². The quantitative estimate of drug-likeness (QED) is 0.581. The molecule has 0 bridgehead atoms. The maximum atomic E-state index is 7.89. The summed E-state index contributed by atoms with van der Waals surface area (Å²) in [7, 11) is 4.15. The molecule has 0 saturated heterocycles. The van der Waals surface area contributed by atoms with Crippen LogP contribution in [0.4, 0.5) is 0 Å². The Bertz CT molecular complexity index is 103. The van der Waals surface area contributed by atoms with E-state index in [9.17, 15) is 0 Å². The summed E-state index contributed by atoms with van der Waals surface area (Å²) in [5.74, 6) is 0.190. The molecule has 0 rings (SSSR count). The van der Waals surface area contributed by atoms with E-state index in [0.717, 1.165) is 0 Å². The molecule has 0 fully saturated rings. The van der Waals surface area contributed by atoms with Crippen LogP contribution in [-0.2, 0) is 0 Å². The molecule has 0 spiro atoms. The van der Waals surface area contributed by atoms with Gasteiger partial charge in [-0.25, -0.2) is 0 Å². The first-order valence-electron chi connectivity index (χ1n) is 3.97. The molecule has 0 aliphatic carbocycles. The average Bonchev–Trinajstić information content (AvgIpc) is 1.89. The highest BCUT2D eigenvalue weighted by Gasteiger charge is 1.90.